The normalized spacial score (nSPS) is 33.1. The van der Waals surface area contributed by atoms with Crippen molar-refractivity contribution in [3.8, 4) is 0 Å². The summed E-state index contributed by atoms with van der Waals surface area (Å²) in [5, 5.41) is 11.7. The van der Waals surface area contributed by atoms with Crippen molar-refractivity contribution in [1.29, 1.82) is 0 Å². The van der Waals surface area contributed by atoms with E-state index in [1.165, 1.54) is 0 Å². The fourth-order valence-corrected chi connectivity index (χ4v) is 2.53. The van der Waals surface area contributed by atoms with Crippen LogP contribution in [0.15, 0.2) is 0 Å². The second-order valence-corrected chi connectivity index (χ2v) is 5.12. The van der Waals surface area contributed by atoms with Gasteiger partial charge < -0.3 is 15.2 Å². The highest BCUT2D eigenvalue weighted by atomic mass is 16.5. The Hall–Kier alpha value is -1.10. The van der Waals surface area contributed by atoms with Crippen LogP contribution < -0.4 is 5.32 Å². The zero-order valence-electron chi connectivity index (χ0n) is 11.5. The molecule has 1 aliphatic rings. The zero-order valence-corrected chi connectivity index (χ0v) is 11.5. The summed E-state index contributed by atoms with van der Waals surface area (Å²) in [6.45, 7) is 7.66. The van der Waals surface area contributed by atoms with E-state index in [0.717, 1.165) is 6.42 Å². The molecule has 1 saturated heterocycles. The van der Waals surface area contributed by atoms with Crippen molar-refractivity contribution in [1.82, 2.24) is 5.32 Å². The number of carbonyl (C=O) groups excluding carboxylic acids is 1. The van der Waals surface area contributed by atoms with Crippen molar-refractivity contribution in [3.05, 3.63) is 0 Å². The van der Waals surface area contributed by atoms with Crippen molar-refractivity contribution >= 4 is 11.9 Å². The van der Waals surface area contributed by atoms with Crippen LogP contribution in [-0.2, 0) is 14.3 Å². The highest BCUT2D eigenvalue weighted by Gasteiger charge is 2.42. The minimum atomic E-state index is -0.975. The number of rotatable bonds is 5. The van der Waals surface area contributed by atoms with Gasteiger partial charge in [-0.1, -0.05) is 20.3 Å². The van der Waals surface area contributed by atoms with Crippen molar-refractivity contribution in [2.45, 2.75) is 58.8 Å². The summed E-state index contributed by atoms with van der Waals surface area (Å²) in [5.74, 6) is -1.34. The summed E-state index contributed by atoms with van der Waals surface area (Å²) < 4.78 is 5.60. The van der Waals surface area contributed by atoms with E-state index < -0.39 is 12.0 Å². The first kappa shape index (κ1) is 15.0. The lowest BCUT2D eigenvalue weighted by Gasteiger charge is -2.21. The number of aliphatic carboxylic acids is 1. The van der Waals surface area contributed by atoms with Gasteiger partial charge in [-0.25, -0.2) is 4.79 Å². The van der Waals surface area contributed by atoms with E-state index in [-0.39, 0.29) is 30.0 Å². The highest BCUT2D eigenvalue weighted by Crippen LogP contribution is 2.32. The minimum Gasteiger partial charge on any atom is -0.480 e. The van der Waals surface area contributed by atoms with E-state index >= 15 is 0 Å². The average molecular weight is 257 g/mol. The molecule has 104 valence electrons. The molecule has 1 rings (SSSR count). The van der Waals surface area contributed by atoms with Gasteiger partial charge in [0.1, 0.15) is 6.04 Å². The first-order valence-corrected chi connectivity index (χ1v) is 6.57. The molecule has 0 aromatic rings. The van der Waals surface area contributed by atoms with Gasteiger partial charge in [-0.2, -0.15) is 0 Å². The third kappa shape index (κ3) is 3.22. The first-order valence-electron chi connectivity index (χ1n) is 6.57. The topological polar surface area (TPSA) is 75.6 Å². The van der Waals surface area contributed by atoms with Crippen molar-refractivity contribution < 1.29 is 19.4 Å². The fourth-order valence-electron chi connectivity index (χ4n) is 2.53. The van der Waals surface area contributed by atoms with Crippen molar-refractivity contribution in [2.75, 3.05) is 0 Å². The average Bonchev–Trinajstić information content (AvgIpc) is 2.52. The zero-order chi connectivity index (χ0) is 13.9. The van der Waals surface area contributed by atoms with Crippen LogP contribution in [0.25, 0.3) is 0 Å². The van der Waals surface area contributed by atoms with Crippen LogP contribution in [0.4, 0.5) is 0 Å². The Balaban J connectivity index is 2.66. The molecule has 0 bridgehead atoms. The Bertz CT molecular complexity index is 318. The Morgan fingerprint density at radius 3 is 2.28 bits per heavy atom. The van der Waals surface area contributed by atoms with E-state index in [1.54, 1.807) is 0 Å². The summed E-state index contributed by atoms with van der Waals surface area (Å²) in [5.41, 5.74) is 0. The van der Waals surface area contributed by atoms with E-state index in [4.69, 9.17) is 9.84 Å². The molecule has 2 N–H and O–H groups in total. The van der Waals surface area contributed by atoms with Gasteiger partial charge in [-0.15, -0.1) is 0 Å². The monoisotopic (exact) mass is 257 g/mol. The predicted octanol–water partition coefficient (Wildman–Crippen LogP) is 1.42. The molecular weight excluding hydrogens is 234 g/mol. The Labute approximate surface area is 108 Å². The van der Waals surface area contributed by atoms with Gasteiger partial charge in [0.15, 0.2) is 0 Å². The molecular formula is C13H23NO4. The van der Waals surface area contributed by atoms with Gasteiger partial charge in [0.2, 0.25) is 5.91 Å². The first-order chi connectivity index (χ1) is 8.38. The molecule has 5 heteroatoms. The Morgan fingerprint density at radius 2 is 1.89 bits per heavy atom. The molecule has 0 aliphatic carbocycles. The molecule has 0 saturated carbocycles. The largest absolute Gasteiger partial charge is 0.480 e. The van der Waals surface area contributed by atoms with Gasteiger partial charge in [-0.3, -0.25) is 4.79 Å². The third-order valence-corrected chi connectivity index (χ3v) is 3.74. The van der Waals surface area contributed by atoms with E-state index in [9.17, 15) is 9.59 Å². The van der Waals surface area contributed by atoms with Crippen molar-refractivity contribution in [2.24, 2.45) is 11.8 Å². The molecule has 0 radical (unpaired) electrons. The molecule has 1 heterocycles. The number of nitrogens with one attached hydrogen (secondary N) is 1. The quantitative estimate of drug-likeness (QED) is 0.781. The number of hydrogen-bond donors (Lipinski definition) is 2. The summed E-state index contributed by atoms with van der Waals surface area (Å²) in [4.78, 5) is 23.2. The number of amides is 1. The number of carboxylic acid groups (broad SMARTS) is 1. The molecule has 0 spiro atoms. The lowest BCUT2D eigenvalue weighted by atomic mass is 9.88. The van der Waals surface area contributed by atoms with Crippen LogP contribution in [0.1, 0.15) is 40.5 Å². The van der Waals surface area contributed by atoms with Crippen LogP contribution in [0, 0.1) is 11.8 Å². The maximum atomic E-state index is 12.1. The smallest absolute Gasteiger partial charge is 0.326 e. The Morgan fingerprint density at radius 1 is 1.28 bits per heavy atom. The molecule has 5 atom stereocenters. The molecule has 1 amide bonds. The van der Waals surface area contributed by atoms with E-state index in [2.05, 4.69) is 5.32 Å². The third-order valence-electron chi connectivity index (χ3n) is 3.74. The molecule has 5 unspecified atom stereocenters. The second-order valence-electron chi connectivity index (χ2n) is 5.12. The van der Waals surface area contributed by atoms with Gasteiger partial charge in [0.25, 0.3) is 0 Å². The lowest BCUT2D eigenvalue weighted by Crippen LogP contribution is -2.46. The molecule has 1 fully saturated rings. The van der Waals surface area contributed by atoms with Gasteiger partial charge in [-0.05, 0) is 26.2 Å². The SMILES string of the molecule is CCCC(NC(=O)C1C(C)OC(C)C1C)C(=O)O. The lowest BCUT2D eigenvalue weighted by molar-refractivity contribution is -0.143. The molecule has 0 aromatic carbocycles. The fraction of sp³-hybridized carbons (Fsp3) is 0.846. The predicted molar refractivity (Wildman–Crippen MR) is 67.1 cm³/mol. The van der Waals surface area contributed by atoms with Gasteiger partial charge in [0.05, 0.1) is 18.1 Å². The number of carboxylic acids is 1. The number of ether oxygens (including phenoxy) is 1. The van der Waals surface area contributed by atoms with Crippen LogP contribution in [0.3, 0.4) is 0 Å². The van der Waals surface area contributed by atoms with E-state index in [1.807, 2.05) is 27.7 Å². The number of hydrogen-bond acceptors (Lipinski definition) is 3. The van der Waals surface area contributed by atoms with Crippen molar-refractivity contribution in [3.63, 3.8) is 0 Å². The van der Waals surface area contributed by atoms with Crippen LogP contribution in [0.5, 0.6) is 0 Å². The van der Waals surface area contributed by atoms with E-state index in [0.29, 0.717) is 6.42 Å². The maximum Gasteiger partial charge on any atom is 0.326 e. The van der Waals surface area contributed by atoms with Crippen LogP contribution in [0.2, 0.25) is 0 Å². The summed E-state index contributed by atoms with van der Waals surface area (Å²) >= 11 is 0. The Kier molecular flexibility index (Phi) is 5.14. The standard InChI is InChI=1S/C13H23NO4/c1-5-6-10(13(16)17)14-12(15)11-7(2)8(3)18-9(11)4/h7-11H,5-6H2,1-4H3,(H,14,15)(H,16,17). The molecule has 18 heavy (non-hydrogen) atoms. The summed E-state index contributed by atoms with van der Waals surface area (Å²) in [6.07, 6.45) is 1.05. The van der Waals surface area contributed by atoms with Crippen LogP contribution >= 0.6 is 0 Å². The summed E-state index contributed by atoms with van der Waals surface area (Å²) in [6, 6.07) is -0.794. The van der Waals surface area contributed by atoms with Gasteiger partial charge >= 0.3 is 5.97 Å². The molecule has 1 aliphatic heterocycles. The molecule has 0 aromatic heterocycles. The number of carbonyl (C=O) groups is 2. The van der Waals surface area contributed by atoms with Crippen LogP contribution in [-0.4, -0.2) is 35.2 Å². The summed E-state index contributed by atoms with van der Waals surface area (Å²) in [7, 11) is 0. The molecule has 5 nitrogen and oxygen atoms in total. The minimum absolute atomic E-state index is 0.0326. The maximum absolute atomic E-state index is 12.1. The highest BCUT2D eigenvalue weighted by molar-refractivity contribution is 5.85. The van der Waals surface area contributed by atoms with Gasteiger partial charge in [0, 0.05) is 0 Å². The second kappa shape index (κ2) is 6.18.